The molecule has 1 aliphatic rings. The quantitative estimate of drug-likeness (QED) is 0.614. The number of aryl methyl sites for hydroxylation is 2. The SMILES string of the molecule is CCn1c(C2CC(NC(=O)Cc3ccc(Cl)cc3)NN2)c(C)c2ccccc21. The van der Waals surface area contributed by atoms with Crippen molar-refractivity contribution in [3.05, 3.63) is 70.4 Å². The fourth-order valence-corrected chi connectivity index (χ4v) is 4.28. The molecule has 1 saturated heterocycles. The molecule has 0 radical (unpaired) electrons. The summed E-state index contributed by atoms with van der Waals surface area (Å²) >= 11 is 5.91. The summed E-state index contributed by atoms with van der Waals surface area (Å²) in [7, 11) is 0. The minimum atomic E-state index is -0.104. The highest BCUT2D eigenvalue weighted by Gasteiger charge is 2.30. The van der Waals surface area contributed by atoms with Gasteiger partial charge in [0.25, 0.3) is 0 Å². The zero-order chi connectivity index (χ0) is 19.7. The molecule has 1 aromatic heterocycles. The Hall–Kier alpha value is -2.34. The van der Waals surface area contributed by atoms with Gasteiger partial charge >= 0.3 is 0 Å². The van der Waals surface area contributed by atoms with E-state index in [2.05, 4.69) is 58.8 Å². The molecule has 2 unspecified atom stereocenters. The molecular formula is C22H25ClN4O. The van der Waals surface area contributed by atoms with Crippen molar-refractivity contribution in [1.29, 1.82) is 0 Å². The molecule has 2 atom stereocenters. The molecular weight excluding hydrogens is 372 g/mol. The first-order valence-corrected chi connectivity index (χ1v) is 10.1. The van der Waals surface area contributed by atoms with Gasteiger partial charge in [0, 0.05) is 34.6 Å². The van der Waals surface area contributed by atoms with Crippen LogP contribution in [0.2, 0.25) is 5.02 Å². The number of carbonyl (C=O) groups excluding carboxylic acids is 1. The van der Waals surface area contributed by atoms with Crippen LogP contribution < -0.4 is 16.2 Å². The second kappa shape index (κ2) is 7.95. The van der Waals surface area contributed by atoms with Crippen molar-refractivity contribution in [3.8, 4) is 0 Å². The number of fused-ring (bicyclic) bond motifs is 1. The van der Waals surface area contributed by atoms with Crippen molar-refractivity contribution in [3.63, 3.8) is 0 Å². The van der Waals surface area contributed by atoms with Crippen LogP contribution >= 0.6 is 11.6 Å². The number of halogens is 1. The van der Waals surface area contributed by atoms with E-state index in [-0.39, 0.29) is 18.1 Å². The Morgan fingerprint density at radius 2 is 1.93 bits per heavy atom. The number of aromatic nitrogens is 1. The largest absolute Gasteiger partial charge is 0.343 e. The van der Waals surface area contributed by atoms with E-state index >= 15 is 0 Å². The molecule has 3 N–H and O–H groups in total. The predicted molar refractivity (Wildman–Crippen MR) is 113 cm³/mol. The van der Waals surface area contributed by atoms with Crippen molar-refractivity contribution < 1.29 is 4.79 Å². The van der Waals surface area contributed by atoms with Gasteiger partial charge in [-0.2, -0.15) is 0 Å². The van der Waals surface area contributed by atoms with Gasteiger partial charge in [-0.15, -0.1) is 0 Å². The van der Waals surface area contributed by atoms with Crippen LogP contribution in [0.25, 0.3) is 10.9 Å². The lowest BCUT2D eigenvalue weighted by Crippen LogP contribution is -2.44. The maximum Gasteiger partial charge on any atom is 0.225 e. The highest BCUT2D eigenvalue weighted by Crippen LogP contribution is 2.32. The van der Waals surface area contributed by atoms with Crippen LogP contribution in [-0.4, -0.2) is 16.6 Å². The van der Waals surface area contributed by atoms with E-state index in [9.17, 15) is 4.79 Å². The number of carbonyl (C=O) groups is 1. The highest BCUT2D eigenvalue weighted by molar-refractivity contribution is 6.30. The number of nitrogens with zero attached hydrogens (tertiary/aromatic N) is 1. The molecule has 0 bridgehead atoms. The van der Waals surface area contributed by atoms with Gasteiger partial charge < -0.3 is 9.88 Å². The van der Waals surface area contributed by atoms with Crippen LogP contribution in [0.15, 0.2) is 48.5 Å². The van der Waals surface area contributed by atoms with Gasteiger partial charge in [-0.05, 0) is 43.2 Å². The summed E-state index contributed by atoms with van der Waals surface area (Å²) in [5, 5.41) is 5.04. The van der Waals surface area contributed by atoms with Crippen LogP contribution in [0.4, 0.5) is 0 Å². The molecule has 6 heteroatoms. The van der Waals surface area contributed by atoms with Crippen LogP contribution in [0.1, 0.15) is 36.2 Å². The standard InChI is InChI=1S/C22H25ClN4O/c1-3-27-19-7-5-4-6-17(19)14(2)22(27)18-13-20(26-25-18)24-21(28)12-15-8-10-16(23)11-9-15/h4-11,18,20,25-26H,3,12-13H2,1-2H3,(H,24,28). The fourth-order valence-electron chi connectivity index (χ4n) is 4.15. The Bertz CT molecular complexity index is 996. The fraction of sp³-hybridized carbons (Fsp3) is 0.318. The third-order valence-corrected chi connectivity index (χ3v) is 5.69. The molecule has 4 rings (SSSR count). The van der Waals surface area contributed by atoms with Crippen molar-refractivity contribution in [2.24, 2.45) is 0 Å². The second-order valence-electron chi connectivity index (χ2n) is 7.27. The Morgan fingerprint density at radius 3 is 2.68 bits per heavy atom. The number of para-hydroxylation sites is 1. The summed E-state index contributed by atoms with van der Waals surface area (Å²) in [6.07, 6.45) is 1.03. The predicted octanol–water partition coefficient (Wildman–Crippen LogP) is 3.85. The van der Waals surface area contributed by atoms with Crippen molar-refractivity contribution in [2.75, 3.05) is 0 Å². The van der Waals surface area contributed by atoms with Gasteiger partial charge in [0.05, 0.1) is 18.6 Å². The summed E-state index contributed by atoms with van der Waals surface area (Å²) in [5.74, 6) is -0.00460. The topological polar surface area (TPSA) is 58.1 Å². The van der Waals surface area contributed by atoms with E-state index in [4.69, 9.17) is 11.6 Å². The number of nitrogens with one attached hydrogen (secondary N) is 3. The number of hydrogen-bond acceptors (Lipinski definition) is 3. The molecule has 0 aliphatic carbocycles. The van der Waals surface area contributed by atoms with Crippen LogP contribution in [0.5, 0.6) is 0 Å². The smallest absolute Gasteiger partial charge is 0.225 e. The lowest BCUT2D eigenvalue weighted by atomic mass is 10.1. The van der Waals surface area contributed by atoms with Gasteiger partial charge in [-0.3, -0.25) is 4.79 Å². The minimum absolute atomic E-state index is 0.00460. The molecule has 1 fully saturated rings. The number of hydrogen-bond donors (Lipinski definition) is 3. The monoisotopic (exact) mass is 396 g/mol. The van der Waals surface area contributed by atoms with Gasteiger partial charge in [-0.25, -0.2) is 10.9 Å². The first-order chi connectivity index (χ1) is 13.6. The van der Waals surface area contributed by atoms with E-state index in [1.807, 2.05) is 24.3 Å². The number of amides is 1. The molecule has 2 heterocycles. The number of rotatable bonds is 5. The normalized spacial score (nSPS) is 19.2. The molecule has 0 saturated carbocycles. The van der Waals surface area contributed by atoms with Crippen molar-refractivity contribution in [1.82, 2.24) is 20.7 Å². The van der Waals surface area contributed by atoms with Gasteiger partial charge in [0.1, 0.15) is 0 Å². The average molecular weight is 397 g/mol. The lowest BCUT2D eigenvalue weighted by Gasteiger charge is -2.15. The first kappa shape index (κ1) is 19.0. The molecule has 0 spiro atoms. The van der Waals surface area contributed by atoms with Crippen molar-refractivity contribution in [2.45, 2.75) is 45.4 Å². The summed E-state index contributed by atoms with van der Waals surface area (Å²) in [6.45, 7) is 5.26. The first-order valence-electron chi connectivity index (χ1n) is 9.69. The van der Waals surface area contributed by atoms with Crippen LogP contribution in [-0.2, 0) is 17.8 Å². The van der Waals surface area contributed by atoms with E-state index in [1.165, 1.54) is 22.2 Å². The molecule has 146 valence electrons. The average Bonchev–Trinajstić information content (AvgIpc) is 3.25. The number of hydrazine groups is 1. The zero-order valence-electron chi connectivity index (χ0n) is 16.1. The Labute approximate surface area is 170 Å². The highest BCUT2D eigenvalue weighted by atomic mass is 35.5. The second-order valence-corrected chi connectivity index (χ2v) is 7.71. The maximum absolute atomic E-state index is 12.4. The van der Waals surface area contributed by atoms with Crippen LogP contribution in [0.3, 0.4) is 0 Å². The Kier molecular flexibility index (Phi) is 5.40. The summed E-state index contributed by atoms with van der Waals surface area (Å²) in [5.41, 5.74) is 11.4. The maximum atomic E-state index is 12.4. The molecule has 28 heavy (non-hydrogen) atoms. The Balaban J connectivity index is 1.46. The molecule has 2 aromatic carbocycles. The van der Waals surface area contributed by atoms with E-state index in [0.717, 1.165) is 18.5 Å². The van der Waals surface area contributed by atoms with Crippen LogP contribution in [0, 0.1) is 6.92 Å². The van der Waals surface area contributed by atoms with E-state index < -0.39 is 0 Å². The van der Waals surface area contributed by atoms with Gasteiger partial charge in [0.15, 0.2) is 0 Å². The molecule has 1 aliphatic heterocycles. The Morgan fingerprint density at radius 1 is 1.18 bits per heavy atom. The summed E-state index contributed by atoms with van der Waals surface area (Å²) in [4.78, 5) is 12.4. The summed E-state index contributed by atoms with van der Waals surface area (Å²) < 4.78 is 2.36. The lowest BCUT2D eigenvalue weighted by molar-refractivity contribution is -0.121. The molecule has 5 nitrogen and oxygen atoms in total. The summed E-state index contributed by atoms with van der Waals surface area (Å²) in [6, 6.07) is 16.0. The number of benzene rings is 2. The third-order valence-electron chi connectivity index (χ3n) is 5.44. The van der Waals surface area contributed by atoms with Gasteiger partial charge in [-0.1, -0.05) is 41.9 Å². The zero-order valence-corrected chi connectivity index (χ0v) is 16.9. The van der Waals surface area contributed by atoms with Gasteiger partial charge in [0.2, 0.25) is 5.91 Å². The third kappa shape index (κ3) is 3.65. The molecule has 3 aromatic rings. The van der Waals surface area contributed by atoms with Crippen molar-refractivity contribution >= 4 is 28.4 Å². The van der Waals surface area contributed by atoms with E-state index in [1.54, 1.807) is 0 Å². The minimum Gasteiger partial charge on any atom is -0.343 e. The molecule has 1 amide bonds. The van der Waals surface area contributed by atoms with E-state index in [0.29, 0.717) is 11.4 Å².